The summed E-state index contributed by atoms with van der Waals surface area (Å²) in [6, 6.07) is 0.447. The van der Waals surface area contributed by atoms with Gasteiger partial charge in [0.1, 0.15) is 5.82 Å². The van der Waals surface area contributed by atoms with E-state index in [1.54, 1.807) is 0 Å². The lowest BCUT2D eigenvalue weighted by Crippen LogP contribution is -2.22. The third-order valence-electron chi connectivity index (χ3n) is 9.08. The molecule has 0 aromatic carbocycles. The van der Waals surface area contributed by atoms with Crippen molar-refractivity contribution in [1.29, 1.82) is 0 Å². The van der Waals surface area contributed by atoms with Crippen molar-refractivity contribution in [2.45, 2.75) is 192 Å². The first-order valence-electron chi connectivity index (χ1n) is 17.1. The van der Waals surface area contributed by atoms with Crippen molar-refractivity contribution < 1.29 is 0 Å². The summed E-state index contributed by atoms with van der Waals surface area (Å²) in [6.45, 7) is 0. The average Bonchev–Trinajstić information content (AvgIpc) is 2.92. The highest BCUT2D eigenvalue weighted by atomic mass is 15.2. The standard InChI is InChI=1S/C33H61N5/c34-32-36-31(29-25-21-17-13-9-5-1-2-6-10-14-18-22-26-29)37-33(38-32)35-30-27-23-19-15-11-7-3-4-8-12-16-20-24-28-30/h29-30H,1-28H2,(H3,34,35,36,37,38). The van der Waals surface area contributed by atoms with Crippen molar-refractivity contribution in [3.05, 3.63) is 5.82 Å². The second-order valence-corrected chi connectivity index (χ2v) is 12.6. The number of hydrogen-bond donors (Lipinski definition) is 2. The first-order chi connectivity index (χ1) is 18.8. The summed E-state index contributed by atoms with van der Waals surface area (Å²) in [5.74, 6) is 2.48. The topological polar surface area (TPSA) is 76.7 Å². The van der Waals surface area contributed by atoms with Crippen molar-refractivity contribution in [3.63, 3.8) is 0 Å². The number of aromatic nitrogens is 3. The fourth-order valence-corrected chi connectivity index (χ4v) is 6.63. The minimum absolute atomic E-state index is 0.394. The van der Waals surface area contributed by atoms with Crippen LogP contribution in [-0.4, -0.2) is 21.0 Å². The molecule has 0 atom stereocenters. The van der Waals surface area contributed by atoms with Gasteiger partial charge in [0.15, 0.2) is 0 Å². The van der Waals surface area contributed by atoms with E-state index in [2.05, 4.69) is 10.3 Å². The molecular weight excluding hydrogens is 466 g/mol. The first-order valence-corrected chi connectivity index (χ1v) is 17.1. The Morgan fingerprint density at radius 1 is 0.421 bits per heavy atom. The van der Waals surface area contributed by atoms with E-state index in [0.717, 1.165) is 11.8 Å². The van der Waals surface area contributed by atoms with Crippen LogP contribution in [0.5, 0.6) is 0 Å². The monoisotopic (exact) mass is 527 g/mol. The lowest BCUT2D eigenvalue weighted by molar-refractivity contribution is 0.475. The van der Waals surface area contributed by atoms with Gasteiger partial charge in [0, 0.05) is 12.0 Å². The smallest absolute Gasteiger partial charge is 0.227 e. The summed E-state index contributed by atoms with van der Waals surface area (Å²) in [6.07, 6.45) is 37.9. The average molecular weight is 528 g/mol. The summed E-state index contributed by atoms with van der Waals surface area (Å²) < 4.78 is 0. The van der Waals surface area contributed by atoms with Gasteiger partial charge in [-0.1, -0.05) is 154 Å². The second-order valence-electron chi connectivity index (χ2n) is 12.6. The predicted molar refractivity (Wildman–Crippen MR) is 164 cm³/mol. The maximum absolute atomic E-state index is 6.28. The second kappa shape index (κ2) is 20.5. The Morgan fingerprint density at radius 2 is 0.763 bits per heavy atom. The van der Waals surface area contributed by atoms with E-state index in [-0.39, 0.29) is 0 Å². The Balaban J connectivity index is 1.60. The minimum atomic E-state index is 0.394. The predicted octanol–water partition coefficient (Wildman–Crippen LogP) is 10.3. The number of rotatable bonds is 3. The molecule has 3 rings (SSSR count). The van der Waals surface area contributed by atoms with E-state index < -0.39 is 0 Å². The molecule has 0 saturated heterocycles. The molecule has 5 heteroatoms. The fourth-order valence-electron chi connectivity index (χ4n) is 6.63. The Morgan fingerprint density at radius 3 is 1.16 bits per heavy atom. The van der Waals surface area contributed by atoms with Gasteiger partial charge in [-0.25, -0.2) is 0 Å². The molecule has 1 aromatic rings. The SMILES string of the molecule is Nc1nc(NC2CCCCCCCCCCCCCC2)nc(C2CCCCCCCCCCCCCC2)n1. The van der Waals surface area contributed by atoms with Gasteiger partial charge in [0.25, 0.3) is 0 Å². The van der Waals surface area contributed by atoms with Crippen molar-refractivity contribution in [2.24, 2.45) is 0 Å². The van der Waals surface area contributed by atoms with Crippen LogP contribution in [0.25, 0.3) is 0 Å². The number of hydrogen-bond acceptors (Lipinski definition) is 5. The van der Waals surface area contributed by atoms with Gasteiger partial charge < -0.3 is 11.1 Å². The largest absolute Gasteiger partial charge is 0.368 e. The Bertz CT molecular complexity index is 677. The number of anilines is 2. The lowest BCUT2D eigenvalue weighted by Gasteiger charge is -2.21. The molecule has 0 aliphatic heterocycles. The van der Waals surface area contributed by atoms with Crippen LogP contribution in [0, 0.1) is 0 Å². The van der Waals surface area contributed by atoms with Gasteiger partial charge in [-0.2, -0.15) is 15.0 Å². The van der Waals surface area contributed by atoms with Gasteiger partial charge in [0.2, 0.25) is 11.9 Å². The van der Waals surface area contributed by atoms with Crippen LogP contribution in [0.2, 0.25) is 0 Å². The van der Waals surface area contributed by atoms with Crippen LogP contribution in [0.15, 0.2) is 0 Å². The highest BCUT2D eigenvalue weighted by Crippen LogP contribution is 2.28. The van der Waals surface area contributed by atoms with Crippen molar-refractivity contribution in [3.8, 4) is 0 Å². The summed E-state index contributed by atoms with van der Waals surface area (Å²) >= 11 is 0. The molecule has 2 fully saturated rings. The molecule has 0 unspecified atom stereocenters. The van der Waals surface area contributed by atoms with Crippen LogP contribution in [0.1, 0.15) is 192 Å². The lowest BCUT2D eigenvalue weighted by atomic mass is 9.93. The van der Waals surface area contributed by atoms with E-state index >= 15 is 0 Å². The van der Waals surface area contributed by atoms with Crippen LogP contribution in [0.4, 0.5) is 11.9 Å². The molecular formula is C33H61N5. The quantitative estimate of drug-likeness (QED) is 0.409. The molecule has 2 aliphatic carbocycles. The first kappa shape index (κ1) is 31.1. The molecule has 2 saturated carbocycles. The summed E-state index contributed by atoms with van der Waals surface area (Å²) in [5.41, 5.74) is 6.28. The molecule has 5 nitrogen and oxygen atoms in total. The van der Waals surface area contributed by atoms with E-state index in [4.69, 9.17) is 15.7 Å². The van der Waals surface area contributed by atoms with Gasteiger partial charge in [-0.3, -0.25) is 0 Å². The highest BCUT2D eigenvalue weighted by molar-refractivity contribution is 5.33. The van der Waals surface area contributed by atoms with Crippen LogP contribution < -0.4 is 11.1 Å². The normalized spacial score (nSPS) is 22.8. The summed E-state index contributed by atoms with van der Waals surface area (Å²) in [5, 5.41) is 3.74. The number of nitrogens with zero attached hydrogens (tertiary/aromatic N) is 3. The molecule has 218 valence electrons. The van der Waals surface area contributed by atoms with E-state index in [9.17, 15) is 0 Å². The zero-order chi connectivity index (χ0) is 26.5. The van der Waals surface area contributed by atoms with Gasteiger partial charge >= 0.3 is 0 Å². The van der Waals surface area contributed by atoms with Gasteiger partial charge in [0.05, 0.1) is 0 Å². The van der Waals surface area contributed by atoms with E-state index in [1.165, 1.54) is 180 Å². The Kier molecular flexibility index (Phi) is 16.8. The molecule has 2 aliphatic rings. The number of nitrogen functional groups attached to an aromatic ring is 1. The van der Waals surface area contributed by atoms with Gasteiger partial charge in [-0.05, 0) is 25.7 Å². The summed E-state index contributed by atoms with van der Waals surface area (Å²) in [7, 11) is 0. The third-order valence-corrected chi connectivity index (χ3v) is 9.08. The van der Waals surface area contributed by atoms with Crippen LogP contribution in [0.3, 0.4) is 0 Å². The van der Waals surface area contributed by atoms with Crippen molar-refractivity contribution in [1.82, 2.24) is 15.0 Å². The Labute approximate surface area is 235 Å². The molecule has 1 heterocycles. The molecule has 3 N–H and O–H groups in total. The molecule has 0 radical (unpaired) electrons. The maximum atomic E-state index is 6.28. The molecule has 0 amide bonds. The zero-order valence-corrected chi connectivity index (χ0v) is 24.9. The van der Waals surface area contributed by atoms with E-state index in [1.807, 2.05) is 0 Å². The van der Waals surface area contributed by atoms with Crippen molar-refractivity contribution >= 4 is 11.9 Å². The molecule has 0 bridgehead atoms. The molecule has 0 spiro atoms. The van der Waals surface area contributed by atoms with Crippen molar-refractivity contribution in [2.75, 3.05) is 11.1 Å². The van der Waals surface area contributed by atoms with E-state index in [0.29, 0.717) is 17.9 Å². The minimum Gasteiger partial charge on any atom is -0.368 e. The highest BCUT2D eigenvalue weighted by Gasteiger charge is 2.18. The van der Waals surface area contributed by atoms with Crippen LogP contribution >= 0.6 is 0 Å². The van der Waals surface area contributed by atoms with Gasteiger partial charge in [-0.15, -0.1) is 0 Å². The zero-order valence-electron chi connectivity index (χ0n) is 24.9. The maximum Gasteiger partial charge on any atom is 0.227 e. The number of nitrogens with two attached hydrogens (primary N) is 1. The molecule has 38 heavy (non-hydrogen) atoms. The van der Waals surface area contributed by atoms with Crippen LogP contribution in [-0.2, 0) is 0 Å². The fraction of sp³-hybridized carbons (Fsp3) is 0.909. The Hall–Kier alpha value is -1.39. The summed E-state index contributed by atoms with van der Waals surface area (Å²) in [4.78, 5) is 14.3. The molecule has 1 aromatic heterocycles. The third kappa shape index (κ3) is 14.1. The number of nitrogens with one attached hydrogen (secondary N) is 1.